The van der Waals surface area contributed by atoms with Crippen LogP contribution in [0.4, 0.5) is 10.8 Å². The van der Waals surface area contributed by atoms with Crippen molar-refractivity contribution in [2.24, 2.45) is 0 Å². The number of nitrogens with zero attached hydrogens (tertiary/aromatic N) is 2. The van der Waals surface area contributed by atoms with Crippen molar-refractivity contribution in [2.75, 3.05) is 10.6 Å². The molecule has 7 nitrogen and oxygen atoms in total. The second-order valence-electron chi connectivity index (χ2n) is 6.17. The number of hydrogen-bond acceptors (Lipinski definition) is 6. The molecule has 8 heteroatoms. The van der Waals surface area contributed by atoms with Crippen molar-refractivity contribution in [3.8, 4) is 5.75 Å². The molecule has 0 bridgehead atoms. The third kappa shape index (κ3) is 5.39. The van der Waals surface area contributed by atoms with Crippen LogP contribution in [0.15, 0.2) is 54.6 Å². The lowest BCUT2D eigenvalue weighted by molar-refractivity contribution is -0.122. The fourth-order valence-electron chi connectivity index (χ4n) is 2.60. The number of anilines is 2. The van der Waals surface area contributed by atoms with Crippen LogP contribution in [-0.4, -0.2) is 28.1 Å². The number of carbonyl (C=O) groups excluding carboxylic acids is 2. The number of para-hydroxylation sites is 2. The fourth-order valence-corrected chi connectivity index (χ4v) is 3.27. The molecule has 2 N–H and O–H groups in total. The zero-order valence-corrected chi connectivity index (χ0v) is 17.0. The van der Waals surface area contributed by atoms with E-state index in [-0.39, 0.29) is 11.8 Å². The van der Waals surface area contributed by atoms with E-state index in [0.717, 1.165) is 11.4 Å². The zero-order chi connectivity index (χ0) is 20.6. The molecule has 0 aliphatic carbocycles. The van der Waals surface area contributed by atoms with Gasteiger partial charge in [0.25, 0.3) is 11.8 Å². The van der Waals surface area contributed by atoms with Gasteiger partial charge >= 0.3 is 0 Å². The standard InChI is InChI=1S/C21H22N4O3S/c1-3-17(28-14-10-6-5-7-11-14)20(27)22-16-13-9-8-12-15(16)19(26)23-21-25-24-18(4-2)29-21/h5-13,17H,3-4H2,1-2H3,(H,22,27)(H,23,25,26). The van der Waals surface area contributed by atoms with Crippen molar-refractivity contribution in [3.63, 3.8) is 0 Å². The highest BCUT2D eigenvalue weighted by molar-refractivity contribution is 7.15. The maximum atomic E-state index is 12.7. The second-order valence-corrected chi connectivity index (χ2v) is 7.23. The monoisotopic (exact) mass is 410 g/mol. The van der Waals surface area contributed by atoms with Crippen LogP contribution in [0, 0.1) is 0 Å². The maximum absolute atomic E-state index is 12.7. The minimum absolute atomic E-state index is 0.319. The van der Waals surface area contributed by atoms with Gasteiger partial charge in [-0.05, 0) is 37.1 Å². The van der Waals surface area contributed by atoms with Gasteiger partial charge in [-0.2, -0.15) is 0 Å². The molecule has 2 aromatic carbocycles. The third-order valence-electron chi connectivity index (χ3n) is 4.10. The van der Waals surface area contributed by atoms with Gasteiger partial charge in [-0.15, -0.1) is 10.2 Å². The van der Waals surface area contributed by atoms with Crippen molar-refractivity contribution < 1.29 is 14.3 Å². The van der Waals surface area contributed by atoms with Crippen LogP contribution in [0.5, 0.6) is 5.75 Å². The largest absolute Gasteiger partial charge is 0.481 e. The van der Waals surface area contributed by atoms with E-state index in [2.05, 4.69) is 20.8 Å². The fraction of sp³-hybridized carbons (Fsp3) is 0.238. The predicted molar refractivity (Wildman–Crippen MR) is 113 cm³/mol. The Bertz CT molecular complexity index is 975. The number of aromatic nitrogens is 2. The Morgan fingerprint density at radius 2 is 1.72 bits per heavy atom. The van der Waals surface area contributed by atoms with E-state index in [0.29, 0.717) is 28.6 Å². The van der Waals surface area contributed by atoms with Gasteiger partial charge in [0.2, 0.25) is 5.13 Å². The molecular formula is C21H22N4O3S. The smallest absolute Gasteiger partial charge is 0.265 e. The molecular weight excluding hydrogens is 388 g/mol. The summed E-state index contributed by atoms with van der Waals surface area (Å²) in [7, 11) is 0. The molecule has 29 heavy (non-hydrogen) atoms. The highest BCUT2D eigenvalue weighted by atomic mass is 32.1. The lowest BCUT2D eigenvalue weighted by atomic mass is 10.1. The number of carbonyl (C=O) groups is 2. The van der Waals surface area contributed by atoms with Gasteiger partial charge in [-0.3, -0.25) is 14.9 Å². The first kappa shape index (κ1) is 20.5. The van der Waals surface area contributed by atoms with E-state index in [1.807, 2.05) is 32.0 Å². The van der Waals surface area contributed by atoms with Crippen LogP contribution in [-0.2, 0) is 11.2 Å². The molecule has 1 atom stereocenters. The summed E-state index contributed by atoms with van der Waals surface area (Å²) in [5, 5.41) is 14.8. The first-order valence-electron chi connectivity index (χ1n) is 9.36. The minimum Gasteiger partial charge on any atom is -0.481 e. The molecule has 0 fully saturated rings. The summed E-state index contributed by atoms with van der Waals surface area (Å²) in [5.41, 5.74) is 0.744. The number of rotatable bonds is 8. The van der Waals surface area contributed by atoms with Crippen molar-refractivity contribution in [1.29, 1.82) is 0 Å². The molecule has 0 radical (unpaired) electrons. The Labute approximate surface area is 173 Å². The summed E-state index contributed by atoms with van der Waals surface area (Å²) >= 11 is 1.32. The van der Waals surface area contributed by atoms with Gasteiger partial charge in [0.15, 0.2) is 6.10 Å². The van der Waals surface area contributed by atoms with E-state index < -0.39 is 6.10 Å². The molecule has 3 rings (SSSR count). The summed E-state index contributed by atoms with van der Waals surface area (Å²) in [6.07, 6.45) is 0.559. The van der Waals surface area contributed by atoms with E-state index in [1.165, 1.54) is 11.3 Å². The topological polar surface area (TPSA) is 93.2 Å². The molecule has 1 aromatic heterocycles. The SMILES string of the molecule is CCc1nnc(NC(=O)c2ccccc2NC(=O)C(CC)Oc2ccccc2)s1. The van der Waals surface area contributed by atoms with Crippen molar-refractivity contribution in [3.05, 3.63) is 65.2 Å². The maximum Gasteiger partial charge on any atom is 0.265 e. The van der Waals surface area contributed by atoms with E-state index in [4.69, 9.17) is 4.74 Å². The van der Waals surface area contributed by atoms with Crippen LogP contribution >= 0.6 is 11.3 Å². The summed E-state index contributed by atoms with van der Waals surface area (Å²) < 4.78 is 5.78. The molecule has 0 saturated heterocycles. The number of hydrogen-bond donors (Lipinski definition) is 2. The second kappa shape index (κ2) is 9.79. The average molecular weight is 410 g/mol. The predicted octanol–water partition coefficient (Wildman–Crippen LogP) is 4.15. The Balaban J connectivity index is 1.72. The van der Waals surface area contributed by atoms with E-state index in [9.17, 15) is 9.59 Å². The summed E-state index contributed by atoms with van der Waals surface area (Å²) in [6.45, 7) is 3.84. The molecule has 0 spiro atoms. The average Bonchev–Trinajstić information content (AvgIpc) is 3.20. The Kier molecular flexibility index (Phi) is 6.91. The zero-order valence-electron chi connectivity index (χ0n) is 16.2. The van der Waals surface area contributed by atoms with Crippen molar-refractivity contribution >= 4 is 34.0 Å². The normalized spacial score (nSPS) is 11.5. The van der Waals surface area contributed by atoms with Gasteiger partial charge in [0.05, 0.1) is 11.3 Å². The first-order valence-corrected chi connectivity index (χ1v) is 10.2. The molecule has 1 heterocycles. The quantitative estimate of drug-likeness (QED) is 0.582. The molecule has 2 amide bonds. The molecule has 3 aromatic rings. The van der Waals surface area contributed by atoms with E-state index in [1.54, 1.807) is 36.4 Å². The summed E-state index contributed by atoms with van der Waals surface area (Å²) in [5.74, 6) is -0.0685. The lowest BCUT2D eigenvalue weighted by Gasteiger charge is -2.18. The number of benzene rings is 2. The van der Waals surface area contributed by atoms with Crippen LogP contribution < -0.4 is 15.4 Å². The summed E-state index contributed by atoms with van der Waals surface area (Å²) in [6, 6.07) is 16.0. The van der Waals surface area contributed by atoms with Gasteiger partial charge in [-0.1, -0.05) is 55.5 Å². The van der Waals surface area contributed by atoms with Crippen molar-refractivity contribution in [1.82, 2.24) is 10.2 Å². The number of ether oxygens (including phenoxy) is 1. The highest BCUT2D eigenvalue weighted by Crippen LogP contribution is 2.21. The van der Waals surface area contributed by atoms with Crippen LogP contribution in [0.25, 0.3) is 0 Å². The third-order valence-corrected chi connectivity index (χ3v) is 5.09. The van der Waals surface area contributed by atoms with Gasteiger partial charge in [0, 0.05) is 0 Å². The van der Waals surface area contributed by atoms with Crippen LogP contribution in [0.1, 0.15) is 35.6 Å². The Morgan fingerprint density at radius 1 is 1.00 bits per heavy atom. The molecule has 0 aliphatic rings. The van der Waals surface area contributed by atoms with Gasteiger partial charge < -0.3 is 10.1 Å². The first-order chi connectivity index (χ1) is 14.1. The van der Waals surface area contributed by atoms with Crippen LogP contribution in [0.2, 0.25) is 0 Å². The highest BCUT2D eigenvalue weighted by Gasteiger charge is 2.21. The lowest BCUT2D eigenvalue weighted by Crippen LogP contribution is -2.33. The molecule has 0 aliphatic heterocycles. The molecule has 0 saturated carbocycles. The van der Waals surface area contributed by atoms with Gasteiger partial charge in [0.1, 0.15) is 10.8 Å². The minimum atomic E-state index is -0.677. The number of aryl methyl sites for hydroxylation is 1. The van der Waals surface area contributed by atoms with E-state index >= 15 is 0 Å². The van der Waals surface area contributed by atoms with Crippen molar-refractivity contribution in [2.45, 2.75) is 32.8 Å². The molecule has 150 valence electrons. The number of amides is 2. The van der Waals surface area contributed by atoms with Crippen LogP contribution in [0.3, 0.4) is 0 Å². The Hall–Kier alpha value is -3.26. The number of nitrogens with one attached hydrogen (secondary N) is 2. The van der Waals surface area contributed by atoms with Gasteiger partial charge in [-0.25, -0.2) is 0 Å². The molecule has 1 unspecified atom stereocenters. The Morgan fingerprint density at radius 3 is 2.41 bits per heavy atom. The summed E-state index contributed by atoms with van der Waals surface area (Å²) in [4.78, 5) is 25.4.